The number of amides is 1. The highest BCUT2D eigenvalue weighted by Crippen LogP contribution is 2.27. The first-order chi connectivity index (χ1) is 13.5. The Hall–Kier alpha value is -3.35. The van der Waals surface area contributed by atoms with Gasteiger partial charge in [0.25, 0.3) is 5.91 Å². The van der Waals surface area contributed by atoms with Crippen LogP contribution in [0.2, 0.25) is 0 Å². The first kappa shape index (κ1) is 19.4. The molecule has 0 saturated carbocycles. The highest BCUT2D eigenvalue weighted by Gasteiger charge is 2.09. The molecule has 0 radical (unpaired) electrons. The third kappa shape index (κ3) is 4.31. The van der Waals surface area contributed by atoms with Crippen LogP contribution in [0.5, 0.6) is 11.5 Å². The Morgan fingerprint density at radius 2 is 1.86 bits per heavy atom. The summed E-state index contributed by atoms with van der Waals surface area (Å²) in [7, 11) is 3.21. The molecule has 0 unspecified atom stereocenters. The van der Waals surface area contributed by atoms with Gasteiger partial charge in [0.15, 0.2) is 17.3 Å². The lowest BCUT2D eigenvalue weighted by atomic mass is 10.1. The van der Waals surface area contributed by atoms with Crippen molar-refractivity contribution in [1.29, 1.82) is 0 Å². The summed E-state index contributed by atoms with van der Waals surface area (Å²) in [6.07, 6.45) is 2.25. The molecule has 3 aromatic rings. The number of hydrogen-bond donors (Lipinski definition) is 1. The van der Waals surface area contributed by atoms with Gasteiger partial charge in [0.05, 0.1) is 25.5 Å². The van der Waals surface area contributed by atoms with Gasteiger partial charge < -0.3 is 14.8 Å². The minimum Gasteiger partial charge on any atom is -0.493 e. The Bertz CT molecular complexity index is 964. The number of carbonyl (C=O) groups excluding carboxylic acids is 1. The quantitative estimate of drug-likeness (QED) is 0.682. The van der Waals surface area contributed by atoms with Crippen LogP contribution in [0, 0.1) is 13.8 Å². The van der Waals surface area contributed by atoms with Crippen LogP contribution in [0.25, 0.3) is 5.82 Å². The first-order valence-corrected chi connectivity index (χ1v) is 9.00. The SMILES string of the molecule is COc1ccc(CCNC(=O)c2ccc(-n3nc(C)cc3C)nc2)cc1OC. The van der Waals surface area contributed by atoms with E-state index in [1.54, 1.807) is 37.2 Å². The summed E-state index contributed by atoms with van der Waals surface area (Å²) in [4.78, 5) is 16.7. The zero-order valence-electron chi connectivity index (χ0n) is 16.5. The van der Waals surface area contributed by atoms with E-state index in [0.717, 1.165) is 17.0 Å². The summed E-state index contributed by atoms with van der Waals surface area (Å²) < 4.78 is 12.3. The lowest BCUT2D eigenvalue weighted by Crippen LogP contribution is -2.25. The predicted octanol–water partition coefficient (Wildman–Crippen LogP) is 2.87. The molecule has 0 fully saturated rings. The molecule has 0 saturated heterocycles. The van der Waals surface area contributed by atoms with Gasteiger partial charge in [-0.05, 0) is 56.2 Å². The van der Waals surface area contributed by atoms with Crippen molar-refractivity contribution in [2.45, 2.75) is 20.3 Å². The number of pyridine rings is 1. The zero-order valence-corrected chi connectivity index (χ0v) is 16.5. The molecule has 1 amide bonds. The lowest BCUT2D eigenvalue weighted by Gasteiger charge is -2.10. The van der Waals surface area contributed by atoms with E-state index in [2.05, 4.69) is 15.4 Å². The lowest BCUT2D eigenvalue weighted by molar-refractivity contribution is 0.0954. The molecule has 0 spiro atoms. The van der Waals surface area contributed by atoms with Crippen molar-refractivity contribution in [3.8, 4) is 17.3 Å². The molecule has 7 nitrogen and oxygen atoms in total. The van der Waals surface area contributed by atoms with Crippen molar-refractivity contribution in [2.24, 2.45) is 0 Å². The number of benzene rings is 1. The van der Waals surface area contributed by atoms with Crippen LogP contribution >= 0.6 is 0 Å². The maximum Gasteiger partial charge on any atom is 0.252 e. The highest BCUT2D eigenvalue weighted by molar-refractivity contribution is 5.93. The molecule has 0 aliphatic heterocycles. The number of carbonyl (C=O) groups is 1. The van der Waals surface area contributed by atoms with Gasteiger partial charge in [-0.15, -0.1) is 0 Å². The van der Waals surface area contributed by atoms with Crippen molar-refractivity contribution in [3.63, 3.8) is 0 Å². The molecule has 1 aromatic carbocycles. The van der Waals surface area contributed by atoms with E-state index in [-0.39, 0.29) is 5.91 Å². The number of rotatable bonds is 7. The molecule has 146 valence electrons. The third-order valence-corrected chi connectivity index (χ3v) is 4.38. The van der Waals surface area contributed by atoms with Crippen molar-refractivity contribution >= 4 is 5.91 Å². The summed E-state index contributed by atoms with van der Waals surface area (Å²) in [6, 6.07) is 11.3. The van der Waals surface area contributed by atoms with E-state index in [1.165, 1.54) is 0 Å². The summed E-state index contributed by atoms with van der Waals surface area (Å²) in [5.74, 6) is 1.89. The van der Waals surface area contributed by atoms with Crippen molar-refractivity contribution in [3.05, 3.63) is 65.1 Å². The molecule has 3 rings (SSSR count). The normalized spacial score (nSPS) is 10.6. The van der Waals surface area contributed by atoms with Gasteiger partial charge in [-0.25, -0.2) is 9.67 Å². The molecule has 0 bridgehead atoms. The van der Waals surface area contributed by atoms with E-state index in [1.807, 2.05) is 38.1 Å². The van der Waals surface area contributed by atoms with Crippen LogP contribution in [-0.4, -0.2) is 41.4 Å². The van der Waals surface area contributed by atoms with Crippen molar-refractivity contribution < 1.29 is 14.3 Å². The monoisotopic (exact) mass is 380 g/mol. The predicted molar refractivity (Wildman–Crippen MR) is 106 cm³/mol. The molecule has 0 atom stereocenters. The third-order valence-electron chi connectivity index (χ3n) is 4.38. The van der Waals surface area contributed by atoms with Crippen LogP contribution in [-0.2, 0) is 6.42 Å². The molecule has 0 aliphatic carbocycles. The molecule has 1 N–H and O–H groups in total. The minimum atomic E-state index is -0.159. The van der Waals surface area contributed by atoms with Crippen LogP contribution < -0.4 is 14.8 Å². The fourth-order valence-corrected chi connectivity index (χ4v) is 2.97. The second-order valence-electron chi connectivity index (χ2n) is 6.44. The Morgan fingerprint density at radius 1 is 1.07 bits per heavy atom. The average molecular weight is 380 g/mol. The van der Waals surface area contributed by atoms with Crippen LogP contribution in [0.4, 0.5) is 0 Å². The summed E-state index contributed by atoms with van der Waals surface area (Å²) in [5.41, 5.74) is 3.49. The Balaban J connectivity index is 1.59. The minimum absolute atomic E-state index is 0.159. The van der Waals surface area contributed by atoms with Crippen molar-refractivity contribution in [2.75, 3.05) is 20.8 Å². The molecular formula is C21H24N4O3. The molecule has 7 heteroatoms. The van der Waals surface area contributed by atoms with Crippen LogP contribution in [0.15, 0.2) is 42.6 Å². The van der Waals surface area contributed by atoms with Gasteiger partial charge in [-0.3, -0.25) is 4.79 Å². The van der Waals surface area contributed by atoms with E-state index in [9.17, 15) is 4.79 Å². The van der Waals surface area contributed by atoms with Crippen LogP contribution in [0.1, 0.15) is 27.3 Å². The Kier molecular flexibility index (Phi) is 5.93. The number of ether oxygens (including phenoxy) is 2. The van der Waals surface area contributed by atoms with Gasteiger partial charge >= 0.3 is 0 Å². The fraction of sp³-hybridized carbons (Fsp3) is 0.286. The van der Waals surface area contributed by atoms with Gasteiger partial charge in [0.1, 0.15) is 0 Å². The van der Waals surface area contributed by atoms with E-state index in [0.29, 0.717) is 35.8 Å². The standard InChI is InChI=1S/C21H24N4O3/c1-14-11-15(2)25(24-14)20-8-6-17(13-23-20)21(26)22-10-9-16-5-7-18(27-3)19(12-16)28-4/h5-8,11-13H,9-10H2,1-4H3,(H,22,26). The number of nitrogens with zero attached hydrogens (tertiary/aromatic N) is 3. The van der Waals surface area contributed by atoms with Gasteiger partial charge in [-0.1, -0.05) is 6.07 Å². The molecule has 0 aliphatic rings. The molecule has 2 aromatic heterocycles. The topological polar surface area (TPSA) is 78.3 Å². The molecule has 2 heterocycles. The first-order valence-electron chi connectivity index (χ1n) is 9.00. The maximum atomic E-state index is 12.4. The van der Waals surface area contributed by atoms with E-state index in [4.69, 9.17) is 9.47 Å². The number of hydrogen-bond acceptors (Lipinski definition) is 5. The number of methoxy groups -OCH3 is 2. The van der Waals surface area contributed by atoms with E-state index >= 15 is 0 Å². The molecule has 28 heavy (non-hydrogen) atoms. The largest absolute Gasteiger partial charge is 0.493 e. The van der Waals surface area contributed by atoms with Gasteiger partial charge in [0.2, 0.25) is 0 Å². The Morgan fingerprint density at radius 3 is 2.46 bits per heavy atom. The summed E-state index contributed by atoms with van der Waals surface area (Å²) in [5, 5.41) is 7.31. The molecular weight excluding hydrogens is 356 g/mol. The number of aromatic nitrogens is 3. The second kappa shape index (κ2) is 8.56. The van der Waals surface area contributed by atoms with E-state index < -0.39 is 0 Å². The zero-order chi connectivity index (χ0) is 20.1. The smallest absolute Gasteiger partial charge is 0.252 e. The van der Waals surface area contributed by atoms with Gasteiger partial charge in [0, 0.05) is 18.4 Å². The summed E-state index contributed by atoms with van der Waals surface area (Å²) >= 11 is 0. The maximum absolute atomic E-state index is 12.4. The average Bonchev–Trinajstić information content (AvgIpc) is 3.05. The Labute approximate surface area is 164 Å². The van der Waals surface area contributed by atoms with Crippen molar-refractivity contribution in [1.82, 2.24) is 20.1 Å². The van der Waals surface area contributed by atoms with Crippen LogP contribution in [0.3, 0.4) is 0 Å². The summed E-state index contributed by atoms with van der Waals surface area (Å²) in [6.45, 7) is 4.41. The fourth-order valence-electron chi connectivity index (χ4n) is 2.97. The highest BCUT2D eigenvalue weighted by atomic mass is 16.5. The second-order valence-corrected chi connectivity index (χ2v) is 6.44. The van der Waals surface area contributed by atoms with Gasteiger partial charge in [-0.2, -0.15) is 5.10 Å². The number of nitrogens with one attached hydrogen (secondary N) is 1. The number of aryl methyl sites for hydroxylation is 2.